The highest BCUT2D eigenvalue weighted by atomic mass is 16.2. The monoisotopic (exact) mass is 356 g/mol. The summed E-state index contributed by atoms with van der Waals surface area (Å²) in [5, 5.41) is 7.80. The number of nitrogens with two attached hydrogens (primary N) is 2. The zero-order valence-electron chi connectivity index (χ0n) is 15.4. The summed E-state index contributed by atoms with van der Waals surface area (Å²) in [4.78, 5) is 24.9. The molecule has 0 aromatic heterocycles. The lowest BCUT2D eigenvalue weighted by atomic mass is 10.0. The van der Waals surface area contributed by atoms with Crippen LogP contribution in [0.1, 0.15) is 26.7 Å². The van der Waals surface area contributed by atoms with Gasteiger partial charge in [0.05, 0.1) is 6.04 Å². The van der Waals surface area contributed by atoms with Gasteiger partial charge in [0.2, 0.25) is 11.8 Å². The number of carbonyl (C=O) groups is 2. The van der Waals surface area contributed by atoms with Crippen LogP contribution in [-0.4, -0.2) is 30.4 Å². The van der Waals surface area contributed by atoms with Gasteiger partial charge in [-0.25, -0.2) is 0 Å². The summed E-state index contributed by atoms with van der Waals surface area (Å²) in [6.45, 7) is 4.25. The van der Waals surface area contributed by atoms with E-state index in [0.29, 0.717) is 25.1 Å². The van der Waals surface area contributed by atoms with Gasteiger partial charge in [0, 0.05) is 5.69 Å². The Morgan fingerprint density at radius 1 is 1.04 bits per heavy atom. The first-order chi connectivity index (χ1) is 12.4. The number of hydrogen-bond acceptors (Lipinski definition) is 4. The molecule has 0 aliphatic heterocycles. The first-order valence-corrected chi connectivity index (χ1v) is 8.98. The van der Waals surface area contributed by atoms with Gasteiger partial charge in [0.25, 0.3) is 0 Å². The third kappa shape index (κ3) is 5.28. The van der Waals surface area contributed by atoms with Gasteiger partial charge in [-0.1, -0.05) is 44.2 Å². The van der Waals surface area contributed by atoms with Crippen molar-refractivity contribution in [3.63, 3.8) is 0 Å². The smallest absolute Gasteiger partial charge is 0.247 e. The molecule has 0 spiro atoms. The summed E-state index contributed by atoms with van der Waals surface area (Å²) in [5.41, 5.74) is 12.0. The molecule has 2 amide bonds. The molecular formula is C20H28N4O2. The zero-order chi connectivity index (χ0) is 19.1. The van der Waals surface area contributed by atoms with Crippen LogP contribution in [0.15, 0.2) is 42.5 Å². The Bertz CT molecular complexity index is 760. The van der Waals surface area contributed by atoms with E-state index in [-0.39, 0.29) is 17.7 Å². The SMILES string of the molecule is CC(C)C(NC(=O)[C@H](N)CCCN)C(=O)Nc1ccc2ccccc2c1. The maximum atomic E-state index is 12.7. The molecule has 0 fully saturated rings. The highest BCUT2D eigenvalue weighted by molar-refractivity contribution is 5.99. The lowest BCUT2D eigenvalue weighted by Crippen LogP contribution is -2.52. The average Bonchev–Trinajstić information content (AvgIpc) is 2.63. The Kier molecular flexibility index (Phi) is 7.12. The average molecular weight is 356 g/mol. The molecule has 26 heavy (non-hydrogen) atoms. The summed E-state index contributed by atoms with van der Waals surface area (Å²) in [7, 11) is 0. The van der Waals surface area contributed by atoms with E-state index in [2.05, 4.69) is 10.6 Å². The fourth-order valence-corrected chi connectivity index (χ4v) is 2.75. The fraction of sp³-hybridized carbons (Fsp3) is 0.400. The van der Waals surface area contributed by atoms with E-state index in [9.17, 15) is 9.59 Å². The minimum atomic E-state index is -0.659. The highest BCUT2D eigenvalue weighted by Gasteiger charge is 2.26. The van der Waals surface area contributed by atoms with Gasteiger partial charge in [0.15, 0.2) is 0 Å². The number of rotatable bonds is 8. The van der Waals surface area contributed by atoms with Crippen LogP contribution in [-0.2, 0) is 9.59 Å². The van der Waals surface area contributed by atoms with Crippen molar-refractivity contribution < 1.29 is 9.59 Å². The molecule has 1 unspecified atom stereocenters. The number of benzene rings is 2. The maximum absolute atomic E-state index is 12.7. The normalized spacial score (nSPS) is 13.4. The van der Waals surface area contributed by atoms with Crippen LogP contribution in [0.2, 0.25) is 0 Å². The van der Waals surface area contributed by atoms with Crippen LogP contribution in [0.4, 0.5) is 5.69 Å². The van der Waals surface area contributed by atoms with E-state index in [0.717, 1.165) is 10.8 Å². The van der Waals surface area contributed by atoms with Crippen LogP contribution in [0, 0.1) is 5.92 Å². The molecule has 0 radical (unpaired) electrons. The largest absolute Gasteiger partial charge is 0.343 e. The Morgan fingerprint density at radius 3 is 2.38 bits per heavy atom. The predicted octanol–water partition coefficient (Wildman–Crippen LogP) is 1.99. The van der Waals surface area contributed by atoms with Crippen molar-refractivity contribution in [2.75, 3.05) is 11.9 Å². The third-order valence-corrected chi connectivity index (χ3v) is 4.32. The Labute approximate surface area is 154 Å². The Hall–Kier alpha value is -2.44. The number of fused-ring (bicyclic) bond motifs is 1. The third-order valence-electron chi connectivity index (χ3n) is 4.32. The molecule has 2 rings (SSSR count). The van der Waals surface area contributed by atoms with Gasteiger partial charge in [-0.15, -0.1) is 0 Å². The number of hydrogen-bond donors (Lipinski definition) is 4. The van der Waals surface area contributed by atoms with Crippen molar-refractivity contribution in [2.45, 2.75) is 38.8 Å². The standard InChI is InChI=1S/C20H28N4O2/c1-13(2)18(24-19(25)17(22)8-5-11-21)20(26)23-16-10-9-14-6-3-4-7-15(14)12-16/h3-4,6-7,9-10,12-13,17-18H,5,8,11,21-22H2,1-2H3,(H,23,26)(H,24,25)/t17-,18?/m1/s1. The number of amides is 2. The van der Waals surface area contributed by atoms with Crippen LogP contribution in [0.3, 0.4) is 0 Å². The molecule has 2 aromatic carbocycles. The van der Waals surface area contributed by atoms with E-state index in [1.165, 1.54) is 0 Å². The van der Waals surface area contributed by atoms with Crippen molar-refractivity contribution in [3.8, 4) is 0 Å². The molecule has 6 heteroatoms. The maximum Gasteiger partial charge on any atom is 0.247 e. The number of nitrogens with one attached hydrogen (secondary N) is 2. The topological polar surface area (TPSA) is 110 Å². The van der Waals surface area contributed by atoms with E-state index in [4.69, 9.17) is 11.5 Å². The van der Waals surface area contributed by atoms with Crippen LogP contribution >= 0.6 is 0 Å². The molecule has 0 saturated carbocycles. The van der Waals surface area contributed by atoms with Crippen molar-refractivity contribution >= 4 is 28.3 Å². The molecule has 140 valence electrons. The van der Waals surface area contributed by atoms with Gasteiger partial charge < -0.3 is 22.1 Å². The van der Waals surface area contributed by atoms with Crippen LogP contribution in [0.5, 0.6) is 0 Å². The predicted molar refractivity (Wildman–Crippen MR) is 106 cm³/mol. The summed E-state index contributed by atoms with van der Waals surface area (Å²) >= 11 is 0. The van der Waals surface area contributed by atoms with Gasteiger partial charge >= 0.3 is 0 Å². The molecular weight excluding hydrogens is 328 g/mol. The van der Waals surface area contributed by atoms with Gasteiger partial charge in [-0.05, 0) is 48.2 Å². The number of carbonyl (C=O) groups excluding carboxylic acids is 2. The molecule has 0 aliphatic carbocycles. The lowest BCUT2D eigenvalue weighted by Gasteiger charge is -2.23. The summed E-state index contributed by atoms with van der Waals surface area (Å²) < 4.78 is 0. The Balaban J connectivity index is 2.06. The van der Waals surface area contributed by atoms with Gasteiger partial charge in [0.1, 0.15) is 6.04 Å². The second kappa shape index (κ2) is 9.31. The summed E-state index contributed by atoms with van der Waals surface area (Å²) in [6.07, 6.45) is 1.17. The summed E-state index contributed by atoms with van der Waals surface area (Å²) in [6, 6.07) is 12.3. The molecule has 0 saturated heterocycles. The second-order valence-electron chi connectivity index (χ2n) is 6.82. The quantitative estimate of drug-likeness (QED) is 0.580. The Morgan fingerprint density at radius 2 is 1.73 bits per heavy atom. The molecule has 0 aliphatic rings. The molecule has 0 heterocycles. The first-order valence-electron chi connectivity index (χ1n) is 8.98. The van der Waals surface area contributed by atoms with Crippen LogP contribution < -0.4 is 22.1 Å². The van der Waals surface area contributed by atoms with Crippen molar-refractivity contribution in [1.29, 1.82) is 0 Å². The van der Waals surface area contributed by atoms with Crippen molar-refractivity contribution in [3.05, 3.63) is 42.5 Å². The highest BCUT2D eigenvalue weighted by Crippen LogP contribution is 2.19. The molecule has 6 nitrogen and oxygen atoms in total. The molecule has 2 aromatic rings. The molecule has 0 bridgehead atoms. The second-order valence-corrected chi connectivity index (χ2v) is 6.82. The molecule has 2 atom stereocenters. The first kappa shape index (κ1) is 19.9. The van der Waals surface area contributed by atoms with Crippen LogP contribution in [0.25, 0.3) is 10.8 Å². The van der Waals surface area contributed by atoms with E-state index in [1.807, 2.05) is 56.3 Å². The fourth-order valence-electron chi connectivity index (χ4n) is 2.75. The van der Waals surface area contributed by atoms with Crippen molar-refractivity contribution in [2.24, 2.45) is 17.4 Å². The van der Waals surface area contributed by atoms with E-state index >= 15 is 0 Å². The minimum absolute atomic E-state index is 0.0684. The number of anilines is 1. The van der Waals surface area contributed by atoms with Gasteiger partial charge in [-0.2, -0.15) is 0 Å². The zero-order valence-corrected chi connectivity index (χ0v) is 15.4. The van der Waals surface area contributed by atoms with Gasteiger partial charge in [-0.3, -0.25) is 9.59 Å². The summed E-state index contributed by atoms with van der Waals surface area (Å²) in [5.74, 6) is -0.651. The van der Waals surface area contributed by atoms with E-state index < -0.39 is 12.1 Å². The van der Waals surface area contributed by atoms with Crippen molar-refractivity contribution in [1.82, 2.24) is 5.32 Å². The minimum Gasteiger partial charge on any atom is -0.343 e. The van der Waals surface area contributed by atoms with E-state index in [1.54, 1.807) is 0 Å². The molecule has 6 N–H and O–H groups in total. The lowest BCUT2D eigenvalue weighted by molar-refractivity contribution is -0.128.